The molecule has 72 valence electrons. The number of hydrogen-bond donors (Lipinski definition) is 2. The third kappa shape index (κ3) is 1.42. The number of carbonyl (C=O) groups is 1. The van der Waals surface area contributed by atoms with Gasteiger partial charge in [-0.2, -0.15) is 0 Å². The van der Waals surface area contributed by atoms with Crippen molar-refractivity contribution in [1.82, 2.24) is 4.72 Å². The third-order valence-electron chi connectivity index (χ3n) is 1.85. The van der Waals surface area contributed by atoms with E-state index in [2.05, 4.69) is 4.72 Å². The van der Waals surface area contributed by atoms with Crippen LogP contribution in [-0.4, -0.2) is 15.3 Å². The predicted molar refractivity (Wildman–Crippen MR) is 51.6 cm³/mol. The highest BCUT2D eigenvalue weighted by Crippen LogP contribution is 2.20. The lowest BCUT2D eigenvalue weighted by Crippen LogP contribution is -2.25. The van der Waals surface area contributed by atoms with Gasteiger partial charge in [-0.3, -0.25) is 4.72 Å². The molecule has 0 saturated heterocycles. The number of hydrogen-bond acceptors (Lipinski definition) is 2. The highest BCUT2D eigenvalue weighted by atomic mass is 32.2. The molecular weight excluding hydrogens is 202 g/mol. The molecule has 2 rings (SSSR count). The van der Waals surface area contributed by atoms with Crippen LogP contribution in [0.5, 0.6) is 0 Å². The number of fused-ring (bicyclic) bond motifs is 1. The number of nitrogens with one attached hydrogen (secondary N) is 1. The summed E-state index contributed by atoms with van der Waals surface area (Å²) in [4.78, 5) is 11.3. The predicted octanol–water partition coefficient (Wildman–Crippen LogP) is 0.738. The van der Waals surface area contributed by atoms with E-state index in [0.29, 0.717) is 10.5 Å². The fourth-order valence-electron chi connectivity index (χ4n) is 1.21. The second kappa shape index (κ2) is 3.26. The van der Waals surface area contributed by atoms with Gasteiger partial charge in [0, 0.05) is 0 Å². The van der Waals surface area contributed by atoms with E-state index in [0.717, 1.165) is 0 Å². The zero-order valence-electron chi connectivity index (χ0n) is 7.06. The summed E-state index contributed by atoms with van der Waals surface area (Å²) in [6.07, 6.45) is 1.47. The van der Waals surface area contributed by atoms with Gasteiger partial charge in [-0.05, 0) is 17.7 Å². The van der Waals surface area contributed by atoms with Crippen molar-refractivity contribution in [2.24, 2.45) is 0 Å². The lowest BCUT2D eigenvalue weighted by Gasteiger charge is -2.14. The van der Waals surface area contributed by atoms with Gasteiger partial charge in [0.15, 0.2) is 11.0 Å². The molecule has 2 N–H and O–H groups in total. The van der Waals surface area contributed by atoms with Crippen molar-refractivity contribution in [1.29, 1.82) is 0 Å². The average Bonchev–Trinajstić information content (AvgIpc) is 2.17. The second-order valence-corrected chi connectivity index (χ2v) is 3.95. The van der Waals surface area contributed by atoms with E-state index in [1.807, 2.05) is 0 Å². The Bertz CT molecular complexity index is 453. The van der Waals surface area contributed by atoms with Gasteiger partial charge >= 0.3 is 5.97 Å². The van der Waals surface area contributed by atoms with Crippen LogP contribution in [0, 0.1) is 0 Å². The normalized spacial score (nSPS) is 19.1. The van der Waals surface area contributed by atoms with E-state index in [9.17, 15) is 9.00 Å². The van der Waals surface area contributed by atoms with Gasteiger partial charge in [-0.25, -0.2) is 9.00 Å². The van der Waals surface area contributed by atoms with E-state index in [4.69, 9.17) is 5.11 Å². The molecule has 14 heavy (non-hydrogen) atoms. The summed E-state index contributed by atoms with van der Waals surface area (Å²) in [6.45, 7) is 0. The molecule has 1 heterocycles. The van der Waals surface area contributed by atoms with E-state index in [1.165, 1.54) is 6.08 Å². The van der Waals surface area contributed by atoms with Crippen molar-refractivity contribution in [3.05, 3.63) is 35.5 Å². The smallest absolute Gasteiger partial charge is 0.352 e. The molecule has 0 bridgehead atoms. The molecule has 0 spiro atoms. The van der Waals surface area contributed by atoms with Crippen molar-refractivity contribution in [2.75, 3.05) is 0 Å². The molecule has 1 aliphatic rings. The van der Waals surface area contributed by atoms with Gasteiger partial charge in [-0.1, -0.05) is 18.2 Å². The van der Waals surface area contributed by atoms with E-state index >= 15 is 0 Å². The number of aliphatic carboxylic acids is 1. The van der Waals surface area contributed by atoms with Crippen LogP contribution in [0.1, 0.15) is 5.56 Å². The Labute approximate surface area is 82.8 Å². The first-order chi connectivity index (χ1) is 6.68. The monoisotopic (exact) mass is 209 g/mol. The molecule has 0 saturated carbocycles. The summed E-state index contributed by atoms with van der Waals surface area (Å²) in [7, 11) is -1.46. The maximum atomic E-state index is 11.5. The quantitative estimate of drug-likeness (QED) is 0.716. The Morgan fingerprint density at radius 3 is 2.79 bits per heavy atom. The van der Waals surface area contributed by atoms with Crippen LogP contribution in [0.3, 0.4) is 0 Å². The topological polar surface area (TPSA) is 66.4 Å². The van der Waals surface area contributed by atoms with Crippen molar-refractivity contribution >= 4 is 23.0 Å². The lowest BCUT2D eigenvalue weighted by molar-refractivity contribution is -0.132. The van der Waals surface area contributed by atoms with Gasteiger partial charge < -0.3 is 5.11 Å². The first-order valence-corrected chi connectivity index (χ1v) is 5.06. The van der Waals surface area contributed by atoms with Gasteiger partial charge in [0.25, 0.3) is 0 Å². The zero-order valence-corrected chi connectivity index (χ0v) is 7.88. The molecule has 1 aromatic carbocycles. The van der Waals surface area contributed by atoms with E-state index in [-0.39, 0.29) is 5.70 Å². The van der Waals surface area contributed by atoms with Crippen LogP contribution in [0.25, 0.3) is 6.08 Å². The molecule has 0 aliphatic carbocycles. The molecule has 1 atom stereocenters. The SMILES string of the molecule is O=C(O)C1=Cc2ccccc2S(=O)N1. The van der Waals surface area contributed by atoms with Gasteiger partial charge in [0.05, 0.1) is 4.90 Å². The molecule has 0 radical (unpaired) electrons. The van der Waals surface area contributed by atoms with Gasteiger partial charge in [0.1, 0.15) is 5.70 Å². The summed E-state index contributed by atoms with van der Waals surface area (Å²) >= 11 is 0. The van der Waals surface area contributed by atoms with Crippen LogP contribution in [0.15, 0.2) is 34.9 Å². The third-order valence-corrected chi connectivity index (χ3v) is 3.03. The highest BCUT2D eigenvalue weighted by molar-refractivity contribution is 7.83. The average molecular weight is 209 g/mol. The Balaban J connectivity index is 2.56. The van der Waals surface area contributed by atoms with Crippen LogP contribution in [0.4, 0.5) is 0 Å². The molecule has 0 fully saturated rings. The summed E-state index contributed by atoms with van der Waals surface area (Å²) in [5.74, 6) is -1.10. The molecular formula is C9H7NO3S. The van der Waals surface area contributed by atoms with Crippen LogP contribution >= 0.6 is 0 Å². The van der Waals surface area contributed by atoms with Crippen molar-refractivity contribution in [3.8, 4) is 0 Å². The minimum atomic E-state index is -1.46. The molecule has 0 amide bonds. The van der Waals surface area contributed by atoms with Crippen LogP contribution in [-0.2, 0) is 15.8 Å². The summed E-state index contributed by atoms with van der Waals surface area (Å²) in [6, 6.07) is 6.97. The van der Waals surface area contributed by atoms with Crippen LogP contribution in [0.2, 0.25) is 0 Å². The summed E-state index contributed by atoms with van der Waals surface area (Å²) in [5, 5.41) is 8.72. The fourth-order valence-corrected chi connectivity index (χ4v) is 2.21. The Morgan fingerprint density at radius 1 is 1.36 bits per heavy atom. The molecule has 1 unspecified atom stereocenters. The van der Waals surface area contributed by atoms with Gasteiger partial charge in [-0.15, -0.1) is 0 Å². The van der Waals surface area contributed by atoms with Crippen LogP contribution < -0.4 is 4.72 Å². The first-order valence-electron chi connectivity index (χ1n) is 3.91. The number of carboxylic acids is 1. The number of rotatable bonds is 1. The minimum absolute atomic E-state index is 0.0398. The zero-order chi connectivity index (χ0) is 10.1. The lowest BCUT2D eigenvalue weighted by atomic mass is 10.2. The van der Waals surface area contributed by atoms with Gasteiger partial charge in [0.2, 0.25) is 0 Å². The molecule has 4 nitrogen and oxygen atoms in total. The molecule has 0 aromatic heterocycles. The van der Waals surface area contributed by atoms with E-state index < -0.39 is 17.0 Å². The Hall–Kier alpha value is -1.62. The number of benzene rings is 1. The van der Waals surface area contributed by atoms with Crippen molar-refractivity contribution in [2.45, 2.75) is 4.90 Å². The maximum Gasteiger partial charge on any atom is 0.352 e. The highest BCUT2D eigenvalue weighted by Gasteiger charge is 2.19. The standard InChI is InChI=1S/C9H7NO3S/c11-9(12)7-5-6-3-1-2-4-8(6)14(13)10-7/h1-5,10H,(H,11,12). The minimum Gasteiger partial charge on any atom is -0.477 e. The van der Waals surface area contributed by atoms with Crippen molar-refractivity contribution < 1.29 is 14.1 Å². The Kier molecular flexibility index (Phi) is 2.09. The molecule has 1 aliphatic heterocycles. The van der Waals surface area contributed by atoms with Crippen molar-refractivity contribution in [3.63, 3.8) is 0 Å². The second-order valence-electron chi connectivity index (χ2n) is 2.77. The molecule has 1 aromatic rings. The maximum absolute atomic E-state index is 11.5. The van der Waals surface area contributed by atoms with E-state index in [1.54, 1.807) is 24.3 Å². The summed E-state index contributed by atoms with van der Waals surface area (Å²) < 4.78 is 13.9. The molecule has 5 heteroatoms. The summed E-state index contributed by atoms with van der Waals surface area (Å²) in [5.41, 5.74) is 0.643. The largest absolute Gasteiger partial charge is 0.477 e. The number of carboxylic acid groups (broad SMARTS) is 1. The fraction of sp³-hybridized carbons (Fsp3) is 0. The Morgan fingerprint density at radius 2 is 2.07 bits per heavy atom. The first kappa shape index (κ1) is 8.96.